The Morgan fingerprint density at radius 1 is 1.05 bits per heavy atom. The zero-order valence-electron chi connectivity index (χ0n) is 13.8. The second-order valence-corrected chi connectivity index (χ2v) is 9.22. The Balaban J connectivity index is 1.79. The van der Waals surface area contributed by atoms with Crippen LogP contribution in [0.4, 0.5) is 0 Å². The molecule has 1 saturated heterocycles. The normalized spacial score (nSPS) is 28.9. The second kappa shape index (κ2) is 7.93. The Morgan fingerprint density at radius 3 is 2.38 bits per heavy atom. The lowest BCUT2D eigenvalue weighted by atomic mass is 9.93. The quantitative estimate of drug-likeness (QED) is 0.753. The molecule has 21 heavy (non-hydrogen) atoms. The molecular formula is C16H32N2O2S. The standard InChI is InChI=1S/C16H32N2O2S/c1-17(11-8-14-18-12-6-3-7-13-18)15-9-4-5-10-16(15)21(2,19)20/h15-16H,3-14H2,1-2H3/t15-,16-/m0/s1. The minimum absolute atomic E-state index is 0.147. The van der Waals surface area contributed by atoms with E-state index in [-0.39, 0.29) is 11.3 Å². The summed E-state index contributed by atoms with van der Waals surface area (Å²) in [6.07, 6.45) is 10.8. The number of nitrogens with zero attached hydrogens (tertiary/aromatic N) is 2. The molecule has 124 valence electrons. The van der Waals surface area contributed by atoms with Crippen LogP contribution in [0.25, 0.3) is 0 Å². The highest BCUT2D eigenvalue weighted by molar-refractivity contribution is 7.91. The molecule has 1 heterocycles. The fourth-order valence-corrected chi connectivity index (χ4v) is 5.48. The third kappa shape index (κ3) is 5.22. The molecule has 0 aromatic heterocycles. The van der Waals surface area contributed by atoms with E-state index in [2.05, 4.69) is 16.8 Å². The van der Waals surface area contributed by atoms with Crippen LogP contribution in [0.5, 0.6) is 0 Å². The molecule has 2 rings (SSSR count). The Hall–Kier alpha value is -0.130. The molecule has 1 aliphatic carbocycles. The molecule has 4 nitrogen and oxygen atoms in total. The first-order valence-electron chi connectivity index (χ1n) is 8.60. The van der Waals surface area contributed by atoms with Crippen molar-refractivity contribution in [2.24, 2.45) is 0 Å². The molecule has 1 aliphatic heterocycles. The second-order valence-electron chi connectivity index (χ2n) is 6.96. The van der Waals surface area contributed by atoms with Crippen LogP contribution < -0.4 is 0 Å². The Kier molecular flexibility index (Phi) is 6.51. The average Bonchev–Trinajstić information content (AvgIpc) is 2.47. The molecule has 0 aromatic rings. The topological polar surface area (TPSA) is 40.6 Å². The van der Waals surface area contributed by atoms with E-state index >= 15 is 0 Å². The fraction of sp³-hybridized carbons (Fsp3) is 1.00. The molecule has 2 atom stereocenters. The van der Waals surface area contributed by atoms with Crippen LogP contribution in [0, 0.1) is 0 Å². The molecule has 1 saturated carbocycles. The van der Waals surface area contributed by atoms with Gasteiger partial charge in [0.15, 0.2) is 9.84 Å². The largest absolute Gasteiger partial charge is 0.303 e. The third-order valence-corrected chi connectivity index (χ3v) is 6.87. The van der Waals surface area contributed by atoms with Gasteiger partial charge in [-0.3, -0.25) is 0 Å². The molecular weight excluding hydrogens is 284 g/mol. The van der Waals surface area contributed by atoms with Gasteiger partial charge in [-0.15, -0.1) is 0 Å². The van der Waals surface area contributed by atoms with E-state index in [0.717, 1.165) is 32.2 Å². The molecule has 2 fully saturated rings. The predicted molar refractivity (Wildman–Crippen MR) is 88.4 cm³/mol. The molecule has 5 heteroatoms. The van der Waals surface area contributed by atoms with Crippen LogP contribution in [0.2, 0.25) is 0 Å². The van der Waals surface area contributed by atoms with Gasteiger partial charge < -0.3 is 9.80 Å². The van der Waals surface area contributed by atoms with Crippen molar-refractivity contribution in [3.05, 3.63) is 0 Å². The lowest BCUT2D eigenvalue weighted by Gasteiger charge is -2.37. The number of rotatable bonds is 6. The van der Waals surface area contributed by atoms with Crippen LogP contribution in [0.3, 0.4) is 0 Å². The van der Waals surface area contributed by atoms with Gasteiger partial charge in [0, 0.05) is 12.3 Å². The summed E-state index contributed by atoms with van der Waals surface area (Å²) in [7, 11) is -0.802. The maximum Gasteiger partial charge on any atom is 0.151 e. The molecule has 0 unspecified atom stereocenters. The summed E-state index contributed by atoms with van der Waals surface area (Å²) in [6, 6.07) is 0.232. The highest BCUT2D eigenvalue weighted by atomic mass is 32.2. The maximum atomic E-state index is 12.0. The zero-order valence-corrected chi connectivity index (χ0v) is 14.6. The highest BCUT2D eigenvalue weighted by Gasteiger charge is 2.34. The summed E-state index contributed by atoms with van der Waals surface area (Å²) in [5.41, 5.74) is 0. The number of sulfone groups is 1. The lowest BCUT2D eigenvalue weighted by molar-refractivity contribution is 0.171. The van der Waals surface area contributed by atoms with Gasteiger partial charge in [-0.05, 0) is 65.3 Å². The molecule has 0 amide bonds. The average molecular weight is 317 g/mol. The van der Waals surface area contributed by atoms with E-state index in [1.165, 1.54) is 51.6 Å². The summed E-state index contributed by atoms with van der Waals surface area (Å²) in [6.45, 7) is 4.69. The van der Waals surface area contributed by atoms with Gasteiger partial charge in [-0.2, -0.15) is 0 Å². The Bertz CT molecular complexity index is 405. The van der Waals surface area contributed by atoms with Gasteiger partial charge in [0.25, 0.3) is 0 Å². The first-order chi connectivity index (χ1) is 9.98. The number of hydrogen-bond acceptors (Lipinski definition) is 4. The van der Waals surface area contributed by atoms with Gasteiger partial charge >= 0.3 is 0 Å². The van der Waals surface area contributed by atoms with Crippen LogP contribution >= 0.6 is 0 Å². The third-order valence-electron chi connectivity index (χ3n) is 5.22. The monoisotopic (exact) mass is 316 g/mol. The van der Waals surface area contributed by atoms with Gasteiger partial charge in [0.1, 0.15) is 0 Å². The molecule has 0 bridgehead atoms. The van der Waals surface area contributed by atoms with E-state index in [0.29, 0.717) is 0 Å². The minimum atomic E-state index is -2.92. The molecule has 0 spiro atoms. The van der Waals surface area contributed by atoms with Crippen molar-refractivity contribution in [1.29, 1.82) is 0 Å². The summed E-state index contributed by atoms with van der Waals surface area (Å²) < 4.78 is 24.0. The van der Waals surface area contributed by atoms with E-state index in [1.54, 1.807) is 0 Å². The van der Waals surface area contributed by atoms with Crippen molar-refractivity contribution < 1.29 is 8.42 Å². The van der Waals surface area contributed by atoms with Crippen LogP contribution in [-0.4, -0.2) is 69.0 Å². The first kappa shape index (κ1) is 17.2. The fourth-order valence-electron chi connectivity index (χ4n) is 3.97. The van der Waals surface area contributed by atoms with E-state index in [9.17, 15) is 8.42 Å². The predicted octanol–water partition coefficient (Wildman–Crippen LogP) is 2.15. The van der Waals surface area contributed by atoms with Crippen LogP contribution in [0.1, 0.15) is 51.4 Å². The maximum absolute atomic E-state index is 12.0. The van der Waals surface area contributed by atoms with Gasteiger partial charge in [-0.25, -0.2) is 8.42 Å². The van der Waals surface area contributed by atoms with E-state index in [4.69, 9.17) is 0 Å². The summed E-state index contributed by atoms with van der Waals surface area (Å²) >= 11 is 0. The van der Waals surface area contributed by atoms with E-state index < -0.39 is 9.84 Å². The van der Waals surface area contributed by atoms with Crippen LogP contribution in [-0.2, 0) is 9.84 Å². The minimum Gasteiger partial charge on any atom is -0.303 e. The van der Waals surface area contributed by atoms with Crippen molar-refractivity contribution in [1.82, 2.24) is 9.80 Å². The van der Waals surface area contributed by atoms with Crippen molar-refractivity contribution in [2.75, 3.05) is 39.5 Å². The number of hydrogen-bond donors (Lipinski definition) is 0. The van der Waals surface area contributed by atoms with Gasteiger partial charge in [0.2, 0.25) is 0 Å². The molecule has 0 N–H and O–H groups in total. The summed E-state index contributed by atoms with van der Waals surface area (Å²) in [5, 5.41) is -0.147. The lowest BCUT2D eigenvalue weighted by Crippen LogP contribution is -2.47. The van der Waals surface area contributed by atoms with Crippen molar-refractivity contribution in [3.63, 3.8) is 0 Å². The van der Waals surface area contributed by atoms with E-state index in [1.807, 2.05) is 0 Å². The first-order valence-corrected chi connectivity index (χ1v) is 10.6. The summed E-state index contributed by atoms with van der Waals surface area (Å²) in [4.78, 5) is 4.88. The number of piperidine rings is 1. The van der Waals surface area contributed by atoms with Crippen molar-refractivity contribution in [2.45, 2.75) is 62.7 Å². The van der Waals surface area contributed by atoms with Crippen molar-refractivity contribution >= 4 is 9.84 Å². The Labute approximate surface area is 130 Å². The molecule has 0 aromatic carbocycles. The molecule has 2 aliphatic rings. The van der Waals surface area contributed by atoms with Crippen molar-refractivity contribution in [3.8, 4) is 0 Å². The highest BCUT2D eigenvalue weighted by Crippen LogP contribution is 2.27. The SMILES string of the molecule is CN(CCCN1CCCCC1)[C@H]1CCCC[C@@H]1S(C)(=O)=O. The van der Waals surface area contributed by atoms with Gasteiger partial charge in [-0.1, -0.05) is 19.3 Å². The summed E-state index contributed by atoms with van der Waals surface area (Å²) in [5.74, 6) is 0. The van der Waals surface area contributed by atoms with Crippen LogP contribution in [0.15, 0.2) is 0 Å². The zero-order chi connectivity index (χ0) is 15.3. The molecule has 0 radical (unpaired) electrons. The Morgan fingerprint density at radius 2 is 1.71 bits per heavy atom. The van der Waals surface area contributed by atoms with Gasteiger partial charge in [0.05, 0.1) is 5.25 Å². The number of likely N-dealkylation sites (tertiary alicyclic amines) is 1. The smallest absolute Gasteiger partial charge is 0.151 e.